The lowest BCUT2D eigenvalue weighted by molar-refractivity contribution is -0.123. The van der Waals surface area contributed by atoms with Crippen LogP contribution in [0.1, 0.15) is 38.3 Å². The minimum atomic E-state index is -0.368. The third-order valence-electron chi connectivity index (χ3n) is 4.60. The van der Waals surface area contributed by atoms with Gasteiger partial charge >= 0.3 is 0 Å². The molecule has 1 aliphatic heterocycles. The summed E-state index contributed by atoms with van der Waals surface area (Å²) in [6.07, 6.45) is 2.60. The lowest BCUT2D eigenvalue weighted by Gasteiger charge is -2.16. The van der Waals surface area contributed by atoms with Gasteiger partial charge < -0.3 is 9.47 Å². The number of carbonyl (C=O) groups excluding carboxylic acids is 2. The van der Waals surface area contributed by atoms with Crippen molar-refractivity contribution >= 4 is 29.0 Å². The summed E-state index contributed by atoms with van der Waals surface area (Å²) in [6.45, 7) is 6.51. The molecule has 1 heterocycles. The third kappa shape index (κ3) is 5.21. The Kier molecular flexibility index (Phi) is 7.15. The monoisotopic (exact) mass is 429 g/mol. The van der Waals surface area contributed by atoms with Crippen LogP contribution < -0.4 is 9.47 Å². The van der Waals surface area contributed by atoms with E-state index in [1.54, 1.807) is 24.3 Å². The van der Waals surface area contributed by atoms with Gasteiger partial charge in [0.25, 0.3) is 11.1 Å². The fourth-order valence-electron chi connectivity index (χ4n) is 2.84. The minimum Gasteiger partial charge on any atom is -0.490 e. The summed E-state index contributed by atoms with van der Waals surface area (Å²) in [5.41, 5.74) is 1.42. The molecule has 2 aromatic carbocycles. The van der Waals surface area contributed by atoms with Crippen LogP contribution in [0, 0.1) is 5.82 Å². The lowest BCUT2D eigenvalue weighted by atomic mass is 10.1. The molecular weight excluding hydrogens is 405 g/mol. The third-order valence-corrected chi connectivity index (χ3v) is 5.50. The van der Waals surface area contributed by atoms with Crippen LogP contribution in [0.5, 0.6) is 11.5 Å². The first kappa shape index (κ1) is 21.9. The average molecular weight is 430 g/mol. The van der Waals surface area contributed by atoms with Crippen molar-refractivity contribution in [2.24, 2.45) is 0 Å². The van der Waals surface area contributed by atoms with Crippen molar-refractivity contribution in [3.63, 3.8) is 0 Å². The van der Waals surface area contributed by atoms with Gasteiger partial charge in [0, 0.05) is 0 Å². The maximum Gasteiger partial charge on any atom is 0.293 e. The van der Waals surface area contributed by atoms with Gasteiger partial charge in [-0.2, -0.15) is 0 Å². The van der Waals surface area contributed by atoms with Gasteiger partial charge in [-0.1, -0.05) is 25.1 Å². The first-order valence-electron chi connectivity index (χ1n) is 9.84. The predicted octanol–water partition coefficient (Wildman–Crippen LogP) is 5.64. The van der Waals surface area contributed by atoms with Crippen molar-refractivity contribution in [1.82, 2.24) is 4.90 Å². The van der Waals surface area contributed by atoms with E-state index in [1.807, 2.05) is 32.9 Å². The maximum atomic E-state index is 13.1. The summed E-state index contributed by atoms with van der Waals surface area (Å²) in [5, 5.41) is -0.350. The van der Waals surface area contributed by atoms with Crippen LogP contribution >= 0.6 is 11.8 Å². The number of carbonyl (C=O) groups is 2. The van der Waals surface area contributed by atoms with Gasteiger partial charge in [0.2, 0.25) is 0 Å². The molecule has 2 amide bonds. The van der Waals surface area contributed by atoms with Crippen LogP contribution in [0.3, 0.4) is 0 Å². The molecule has 0 saturated carbocycles. The van der Waals surface area contributed by atoms with Gasteiger partial charge in [-0.3, -0.25) is 14.5 Å². The predicted molar refractivity (Wildman–Crippen MR) is 116 cm³/mol. The molecule has 0 radical (unpaired) electrons. The number of halogens is 1. The van der Waals surface area contributed by atoms with Crippen molar-refractivity contribution < 1.29 is 23.5 Å². The Balaban J connectivity index is 1.80. The summed E-state index contributed by atoms with van der Waals surface area (Å²) >= 11 is 0.889. The molecule has 158 valence electrons. The van der Waals surface area contributed by atoms with E-state index in [-0.39, 0.29) is 29.6 Å². The van der Waals surface area contributed by atoms with E-state index in [9.17, 15) is 14.0 Å². The molecule has 0 spiro atoms. The molecule has 1 aliphatic rings. The number of thioether (sulfide) groups is 1. The number of amides is 2. The number of benzene rings is 2. The number of ether oxygens (including phenoxy) is 2. The maximum absolute atomic E-state index is 13.1. The van der Waals surface area contributed by atoms with Crippen molar-refractivity contribution in [3.05, 3.63) is 64.3 Å². The normalized spacial score (nSPS) is 16.3. The zero-order chi connectivity index (χ0) is 21.7. The van der Waals surface area contributed by atoms with Gasteiger partial charge in [0.15, 0.2) is 11.5 Å². The van der Waals surface area contributed by atoms with Crippen LogP contribution in [0.2, 0.25) is 0 Å². The van der Waals surface area contributed by atoms with E-state index in [1.165, 1.54) is 12.1 Å². The minimum absolute atomic E-state index is 0.0537. The van der Waals surface area contributed by atoms with Crippen molar-refractivity contribution in [2.75, 3.05) is 6.61 Å². The van der Waals surface area contributed by atoms with E-state index in [0.717, 1.165) is 28.6 Å². The molecule has 2 aromatic rings. The Morgan fingerprint density at radius 2 is 1.83 bits per heavy atom. The molecule has 0 aliphatic carbocycles. The summed E-state index contributed by atoms with van der Waals surface area (Å²) < 4.78 is 24.7. The van der Waals surface area contributed by atoms with E-state index in [4.69, 9.17) is 9.47 Å². The number of imide groups is 1. The Morgan fingerprint density at radius 1 is 1.10 bits per heavy atom. The number of nitrogens with zero attached hydrogens (tertiary/aromatic N) is 1. The van der Waals surface area contributed by atoms with E-state index in [0.29, 0.717) is 28.6 Å². The first-order chi connectivity index (χ1) is 14.4. The highest BCUT2D eigenvalue weighted by Crippen LogP contribution is 2.35. The molecular formula is C23H24FNO4S. The molecule has 3 rings (SSSR count). The second-order valence-electron chi connectivity index (χ2n) is 6.87. The highest BCUT2D eigenvalue weighted by atomic mass is 32.2. The van der Waals surface area contributed by atoms with Gasteiger partial charge in [-0.25, -0.2) is 4.39 Å². The molecule has 0 unspecified atom stereocenters. The lowest BCUT2D eigenvalue weighted by Crippen LogP contribution is -2.27. The largest absolute Gasteiger partial charge is 0.490 e. The van der Waals surface area contributed by atoms with Crippen LogP contribution in [0.4, 0.5) is 9.18 Å². The quantitative estimate of drug-likeness (QED) is 0.509. The Labute approximate surface area is 179 Å². The van der Waals surface area contributed by atoms with Gasteiger partial charge in [-0.15, -0.1) is 0 Å². The highest BCUT2D eigenvalue weighted by molar-refractivity contribution is 8.18. The number of rotatable bonds is 8. The smallest absolute Gasteiger partial charge is 0.293 e. The fourth-order valence-corrected chi connectivity index (χ4v) is 3.68. The van der Waals surface area contributed by atoms with Crippen LogP contribution in [-0.4, -0.2) is 28.8 Å². The summed E-state index contributed by atoms with van der Waals surface area (Å²) in [5.74, 6) is 0.510. The molecule has 1 saturated heterocycles. The van der Waals surface area contributed by atoms with Crippen LogP contribution in [0.15, 0.2) is 47.4 Å². The molecule has 30 heavy (non-hydrogen) atoms. The summed E-state index contributed by atoms with van der Waals surface area (Å²) in [7, 11) is 0. The number of hydrogen-bond acceptors (Lipinski definition) is 5. The zero-order valence-corrected chi connectivity index (χ0v) is 18.0. The second-order valence-corrected chi connectivity index (χ2v) is 7.86. The molecule has 1 atom stereocenters. The fraction of sp³-hybridized carbons (Fsp3) is 0.304. The van der Waals surface area contributed by atoms with Crippen LogP contribution in [-0.2, 0) is 11.3 Å². The summed E-state index contributed by atoms with van der Waals surface area (Å²) in [4.78, 5) is 26.6. The molecule has 0 bridgehead atoms. The molecule has 0 N–H and O–H groups in total. The Hall–Kier alpha value is -2.80. The van der Waals surface area contributed by atoms with Gasteiger partial charge in [-0.05, 0) is 73.5 Å². The van der Waals surface area contributed by atoms with Crippen molar-refractivity contribution in [2.45, 2.75) is 39.8 Å². The molecule has 1 fully saturated rings. The SMILES string of the molecule is CCOc1cc(/C=C2/SC(=O)N(Cc3ccc(F)cc3)C2=O)ccc1O[C@@H](C)CC. The Bertz CT molecular complexity index is 958. The van der Waals surface area contributed by atoms with Crippen molar-refractivity contribution in [3.8, 4) is 11.5 Å². The zero-order valence-electron chi connectivity index (χ0n) is 17.2. The first-order valence-corrected chi connectivity index (χ1v) is 10.7. The number of hydrogen-bond donors (Lipinski definition) is 0. The highest BCUT2D eigenvalue weighted by Gasteiger charge is 2.35. The van der Waals surface area contributed by atoms with E-state index in [2.05, 4.69) is 0 Å². The van der Waals surface area contributed by atoms with E-state index >= 15 is 0 Å². The summed E-state index contributed by atoms with van der Waals surface area (Å²) in [6, 6.07) is 11.2. The molecule has 5 nitrogen and oxygen atoms in total. The van der Waals surface area contributed by atoms with Gasteiger partial charge in [0.1, 0.15) is 5.82 Å². The Morgan fingerprint density at radius 3 is 2.50 bits per heavy atom. The standard InChI is InChI=1S/C23H24FNO4S/c1-4-15(3)29-19-11-8-17(12-20(19)28-5-2)13-21-22(26)25(23(27)30-21)14-16-6-9-18(24)10-7-16/h6-13,15H,4-5,14H2,1-3H3/b21-13+/t15-/m0/s1. The molecule has 7 heteroatoms. The van der Waals surface area contributed by atoms with Crippen molar-refractivity contribution in [1.29, 1.82) is 0 Å². The topological polar surface area (TPSA) is 55.8 Å². The van der Waals surface area contributed by atoms with Crippen LogP contribution in [0.25, 0.3) is 6.08 Å². The van der Waals surface area contributed by atoms with E-state index < -0.39 is 0 Å². The average Bonchev–Trinajstić information content (AvgIpc) is 2.99. The second kappa shape index (κ2) is 9.80. The molecule has 0 aromatic heterocycles. The van der Waals surface area contributed by atoms with Gasteiger partial charge in [0.05, 0.1) is 24.2 Å².